The molecule has 1 aromatic rings. The predicted octanol–water partition coefficient (Wildman–Crippen LogP) is 0.792. The SMILES string of the molecule is CCCC(C)C(N)=O.NC(=O)c1ccc(C(N)=O)cc1. The third-order valence-electron chi connectivity index (χ3n) is 2.66. The van der Waals surface area contributed by atoms with Crippen LogP contribution in [0.5, 0.6) is 0 Å². The van der Waals surface area contributed by atoms with Gasteiger partial charge in [0, 0.05) is 17.0 Å². The molecule has 0 saturated carbocycles. The molecule has 0 aliphatic rings. The van der Waals surface area contributed by atoms with Crippen molar-refractivity contribution in [1.82, 2.24) is 0 Å². The lowest BCUT2D eigenvalue weighted by Gasteiger charge is -2.01. The summed E-state index contributed by atoms with van der Waals surface area (Å²) in [5.74, 6) is -1.18. The Bertz CT molecular complexity index is 436. The molecule has 1 atom stereocenters. The van der Waals surface area contributed by atoms with Crippen molar-refractivity contribution >= 4 is 17.7 Å². The fraction of sp³-hybridized carbons (Fsp3) is 0.357. The van der Waals surface area contributed by atoms with Crippen molar-refractivity contribution in [2.45, 2.75) is 26.7 Å². The second-order valence-corrected chi connectivity index (χ2v) is 4.40. The van der Waals surface area contributed by atoms with Crippen LogP contribution < -0.4 is 17.2 Å². The van der Waals surface area contributed by atoms with Gasteiger partial charge in [0.25, 0.3) is 0 Å². The van der Waals surface area contributed by atoms with Gasteiger partial charge in [0.15, 0.2) is 0 Å². The second-order valence-electron chi connectivity index (χ2n) is 4.40. The third-order valence-corrected chi connectivity index (χ3v) is 2.66. The number of benzene rings is 1. The van der Waals surface area contributed by atoms with Crippen LogP contribution in [0.1, 0.15) is 47.4 Å². The van der Waals surface area contributed by atoms with Gasteiger partial charge in [0.05, 0.1) is 0 Å². The zero-order valence-corrected chi connectivity index (χ0v) is 11.8. The largest absolute Gasteiger partial charge is 0.369 e. The Balaban J connectivity index is 0.000000396. The molecule has 0 aromatic heterocycles. The molecule has 0 spiro atoms. The molecule has 0 aliphatic carbocycles. The Morgan fingerprint density at radius 3 is 1.45 bits per heavy atom. The molecule has 0 bridgehead atoms. The molecular weight excluding hydrogens is 258 g/mol. The highest BCUT2D eigenvalue weighted by molar-refractivity contribution is 5.96. The van der Waals surface area contributed by atoms with Crippen molar-refractivity contribution in [3.05, 3.63) is 35.4 Å². The van der Waals surface area contributed by atoms with E-state index in [2.05, 4.69) is 0 Å². The van der Waals surface area contributed by atoms with Gasteiger partial charge in [-0.25, -0.2) is 0 Å². The van der Waals surface area contributed by atoms with Crippen LogP contribution in [0.25, 0.3) is 0 Å². The standard InChI is InChI=1S/C8H8N2O2.C6H13NO/c9-7(11)5-1-2-6(4-3-5)8(10)12;1-3-4-5(2)6(7)8/h1-4H,(H2,9,11)(H2,10,12);5H,3-4H2,1-2H3,(H2,7,8). The maximum atomic E-state index is 10.6. The van der Waals surface area contributed by atoms with E-state index in [1.165, 1.54) is 24.3 Å². The van der Waals surface area contributed by atoms with Gasteiger partial charge in [-0.05, 0) is 30.7 Å². The highest BCUT2D eigenvalue weighted by atomic mass is 16.2. The average Bonchev–Trinajstić information content (AvgIpc) is 2.39. The molecular formula is C14H21N3O3. The molecule has 6 heteroatoms. The molecule has 1 aromatic carbocycles. The molecule has 6 nitrogen and oxygen atoms in total. The summed E-state index contributed by atoms with van der Waals surface area (Å²) in [5.41, 5.74) is 15.7. The fourth-order valence-corrected chi connectivity index (χ4v) is 1.37. The van der Waals surface area contributed by atoms with Crippen molar-refractivity contribution in [2.75, 3.05) is 0 Å². The minimum absolute atomic E-state index is 0.0556. The quantitative estimate of drug-likeness (QED) is 0.736. The van der Waals surface area contributed by atoms with E-state index in [0.717, 1.165) is 12.8 Å². The molecule has 6 N–H and O–H groups in total. The van der Waals surface area contributed by atoms with E-state index in [0.29, 0.717) is 11.1 Å². The van der Waals surface area contributed by atoms with Gasteiger partial charge >= 0.3 is 0 Å². The van der Waals surface area contributed by atoms with Crippen molar-refractivity contribution < 1.29 is 14.4 Å². The molecule has 0 radical (unpaired) electrons. The Morgan fingerprint density at radius 2 is 1.30 bits per heavy atom. The topological polar surface area (TPSA) is 129 Å². The lowest BCUT2D eigenvalue weighted by molar-refractivity contribution is -0.121. The van der Waals surface area contributed by atoms with Crippen LogP contribution in [0.2, 0.25) is 0 Å². The van der Waals surface area contributed by atoms with Gasteiger partial charge in [-0.2, -0.15) is 0 Å². The first kappa shape index (κ1) is 17.6. The summed E-state index contributed by atoms with van der Waals surface area (Å²) < 4.78 is 0. The van der Waals surface area contributed by atoms with Crippen molar-refractivity contribution in [3.8, 4) is 0 Å². The highest BCUT2D eigenvalue weighted by Gasteiger charge is 2.04. The van der Waals surface area contributed by atoms with Crippen LogP contribution >= 0.6 is 0 Å². The van der Waals surface area contributed by atoms with E-state index in [1.807, 2.05) is 13.8 Å². The van der Waals surface area contributed by atoms with Gasteiger partial charge in [-0.1, -0.05) is 20.3 Å². The lowest BCUT2D eigenvalue weighted by atomic mass is 10.1. The first-order chi connectivity index (χ1) is 9.29. The van der Waals surface area contributed by atoms with Crippen molar-refractivity contribution in [1.29, 1.82) is 0 Å². The van der Waals surface area contributed by atoms with Crippen LogP contribution in [-0.2, 0) is 4.79 Å². The number of hydrogen-bond acceptors (Lipinski definition) is 3. The van der Waals surface area contributed by atoms with E-state index < -0.39 is 11.8 Å². The molecule has 20 heavy (non-hydrogen) atoms. The second kappa shape index (κ2) is 8.68. The lowest BCUT2D eigenvalue weighted by Crippen LogP contribution is -2.19. The maximum Gasteiger partial charge on any atom is 0.248 e. The molecule has 0 fully saturated rings. The average molecular weight is 279 g/mol. The number of rotatable bonds is 5. The van der Waals surface area contributed by atoms with Crippen LogP contribution in [0, 0.1) is 5.92 Å². The maximum absolute atomic E-state index is 10.6. The number of primary amides is 3. The van der Waals surface area contributed by atoms with Crippen molar-refractivity contribution in [2.24, 2.45) is 23.1 Å². The third kappa shape index (κ3) is 6.53. The molecule has 110 valence electrons. The summed E-state index contributed by atoms with van der Waals surface area (Å²) in [6.45, 7) is 3.89. The van der Waals surface area contributed by atoms with Crippen LogP contribution in [-0.4, -0.2) is 17.7 Å². The number of hydrogen-bond donors (Lipinski definition) is 3. The van der Waals surface area contributed by atoms with E-state index in [4.69, 9.17) is 17.2 Å². The summed E-state index contributed by atoms with van der Waals surface area (Å²) in [6, 6.07) is 5.84. The number of nitrogens with two attached hydrogens (primary N) is 3. The minimum atomic E-state index is -0.522. The number of amides is 3. The Kier molecular flexibility index (Phi) is 7.65. The molecule has 1 rings (SSSR count). The molecule has 0 aliphatic heterocycles. The minimum Gasteiger partial charge on any atom is -0.369 e. The zero-order chi connectivity index (χ0) is 15.7. The Labute approximate surface area is 118 Å². The van der Waals surface area contributed by atoms with Gasteiger partial charge in [0.2, 0.25) is 17.7 Å². The number of carbonyl (C=O) groups is 3. The summed E-state index contributed by atoms with van der Waals surface area (Å²) in [6.07, 6.45) is 1.94. The van der Waals surface area contributed by atoms with Crippen LogP contribution in [0.4, 0.5) is 0 Å². The summed E-state index contributed by atoms with van der Waals surface area (Å²) >= 11 is 0. The van der Waals surface area contributed by atoms with Gasteiger partial charge in [-0.15, -0.1) is 0 Å². The van der Waals surface area contributed by atoms with Gasteiger partial charge in [-0.3, -0.25) is 14.4 Å². The first-order valence-corrected chi connectivity index (χ1v) is 6.28. The Morgan fingerprint density at radius 1 is 0.950 bits per heavy atom. The summed E-state index contributed by atoms with van der Waals surface area (Å²) in [4.78, 5) is 31.5. The van der Waals surface area contributed by atoms with E-state index >= 15 is 0 Å². The molecule has 1 unspecified atom stereocenters. The predicted molar refractivity (Wildman–Crippen MR) is 76.7 cm³/mol. The van der Waals surface area contributed by atoms with E-state index in [1.54, 1.807) is 0 Å². The van der Waals surface area contributed by atoms with Crippen molar-refractivity contribution in [3.63, 3.8) is 0 Å². The zero-order valence-electron chi connectivity index (χ0n) is 11.8. The molecule has 0 saturated heterocycles. The summed E-state index contributed by atoms with van der Waals surface area (Å²) in [5, 5.41) is 0. The Hall–Kier alpha value is -2.37. The molecule has 0 heterocycles. The van der Waals surface area contributed by atoms with Crippen LogP contribution in [0.15, 0.2) is 24.3 Å². The van der Waals surface area contributed by atoms with E-state index in [9.17, 15) is 14.4 Å². The normalized spacial score (nSPS) is 10.9. The fourth-order valence-electron chi connectivity index (χ4n) is 1.37. The van der Waals surface area contributed by atoms with Crippen LogP contribution in [0.3, 0.4) is 0 Å². The first-order valence-electron chi connectivity index (χ1n) is 6.28. The highest BCUT2D eigenvalue weighted by Crippen LogP contribution is 2.02. The summed E-state index contributed by atoms with van der Waals surface area (Å²) in [7, 11) is 0. The number of carbonyl (C=O) groups excluding carboxylic acids is 3. The van der Waals surface area contributed by atoms with E-state index in [-0.39, 0.29) is 11.8 Å². The van der Waals surface area contributed by atoms with Gasteiger partial charge < -0.3 is 17.2 Å². The monoisotopic (exact) mass is 279 g/mol. The van der Waals surface area contributed by atoms with Gasteiger partial charge in [0.1, 0.15) is 0 Å². The molecule has 3 amide bonds. The smallest absolute Gasteiger partial charge is 0.248 e.